The Morgan fingerprint density at radius 2 is 1.70 bits per heavy atom. The van der Waals surface area contributed by atoms with Crippen molar-refractivity contribution < 1.29 is 19.1 Å². The first-order valence-corrected chi connectivity index (χ1v) is 11.2. The zero-order chi connectivity index (χ0) is 21.1. The smallest absolute Gasteiger partial charge is 0.291 e. The molecule has 2 amide bonds. The maximum Gasteiger partial charge on any atom is 0.291 e. The molecule has 166 valence electrons. The first-order valence-electron chi connectivity index (χ1n) is 11.2. The van der Waals surface area contributed by atoms with E-state index in [1.54, 1.807) is 0 Å². The summed E-state index contributed by atoms with van der Waals surface area (Å²) in [5, 5.41) is 7.83. The number of nitrogens with one attached hydrogen (secondary N) is 2. The van der Waals surface area contributed by atoms with Crippen LogP contribution in [0.2, 0.25) is 0 Å². The van der Waals surface area contributed by atoms with E-state index in [9.17, 15) is 9.59 Å². The minimum Gasteiger partial charge on any atom is -0.351 e. The number of amides is 2. The van der Waals surface area contributed by atoms with Gasteiger partial charge < -0.3 is 9.47 Å². The molecule has 4 aliphatic carbocycles. The van der Waals surface area contributed by atoms with Crippen molar-refractivity contribution in [1.82, 2.24) is 25.8 Å². The lowest BCUT2D eigenvalue weighted by Gasteiger charge is -2.56. The van der Waals surface area contributed by atoms with Gasteiger partial charge in [-0.25, -0.2) is 4.68 Å². The van der Waals surface area contributed by atoms with Crippen molar-refractivity contribution in [3.8, 4) is 0 Å². The van der Waals surface area contributed by atoms with Gasteiger partial charge in [-0.15, -0.1) is 5.10 Å². The van der Waals surface area contributed by atoms with Crippen LogP contribution in [0.1, 0.15) is 69.3 Å². The van der Waals surface area contributed by atoms with Crippen molar-refractivity contribution in [2.75, 3.05) is 13.2 Å². The molecule has 0 unspecified atom stereocenters. The van der Waals surface area contributed by atoms with Crippen molar-refractivity contribution in [3.05, 3.63) is 11.9 Å². The number of hydrazine groups is 1. The van der Waals surface area contributed by atoms with Gasteiger partial charge in [0.25, 0.3) is 5.91 Å². The van der Waals surface area contributed by atoms with Crippen LogP contribution >= 0.6 is 0 Å². The van der Waals surface area contributed by atoms with Crippen LogP contribution in [0, 0.1) is 23.2 Å². The Morgan fingerprint density at radius 3 is 2.27 bits per heavy atom. The number of carbonyl (C=O) groups excluding carboxylic acids is 2. The standard InChI is InChI=1S/C21H33N5O4/c1-3-29-19(30-4-2)13-26-12-17(22-25-26)20(28)24-23-18(27)11-21-8-14-5-15(9-21)7-16(6-14)10-21/h12,14-16,19H,3-11,13H2,1-2H3,(H,23,27)(H,24,28). The number of carbonyl (C=O) groups is 2. The highest BCUT2D eigenvalue weighted by Crippen LogP contribution is 2.61. The molecule has 4 aliphatic rings. The predicted octanol–water partition coefficient (Wildman–Crippen LogP) is 2.04. The van der Waals surface area contributed by atoms with E-state index in [0.29, 0.717) is 26.2 Å². The highest BCUT2D eigenvalue weighted by Gasteiger charge is 2.51. The van der Waals surface area contributed by atoms with E-state index in [1.165, 1.54) is 30.1 Å². The minimum atomic E-state index is -0.482. The van der Waals surface area contributed by atoms with E-state index in [2.05, 4.69) is 21.2 Å². The zero-order valence-corrected chi connectivity index (χ0v) is 17.9. The van der Waals surface area contributed by atoms with Crippen molar-refractivity contribution in [2.24, 2.45) is 23.2 Å². The molecule has 4 saturated carbocycles. The summed E-state index contributed by atoms with van der Waals surface area (Å²) in [6, 6.07) is 0. The van der Waals surface area contributed by atoms with E-state index in [0.717, 1.165) is 37.0 Å². The van der Waals surface area contributed by atoms with Crippen LogP contribution in [0.5, 0.6) is 0 Å². The van der Waals surface area contributed by atoms with Gasteiger partial charge in [0.1, 0.15) is 0 Å². The number of nitrogens with zero attached hydrogens (tertiary/aromatic N) is 3. The summed E-state index contributed by atoms with van der Waals surface area (Å²) in [5.74, 6) is 1.79. The predicted molar refractivity (Wildman–Crippen MR) is 108 cm³/mol. The molecule has 0 radical (unpaired) electrons. The maximum atomic E-state index is 12.6. The summed E-state index contributed by atoms with van der Waals surface area (Å²) in [6.07, 6.45) is 9.10. The first kappa shape index (κ1) is 21.2. The second-order valence-corrected chi connectivity index (χ2v) is 9.26. The molecular formula is C21H33N5O4. The summed E-state index contributed by atoms with van der Waals surface area (Å²) in [5.41, 5.74) is 5.34. The molecule has 5 rings (SSSR count). The lowest BCUT2D eigenvalue weighted by Crippen LogP contribution is -2.50. The van der Waals surface area contributed by atoms with Crippen molar-refractivity contribution in [1.29, 1.82) is 0 Å². The summed E-state index contributed by atoms with van der Waals surface area (Å²) < 4.78 is 12.5. The third kappa shape index (κ3) is 4.83. The highest BCUT2D eigenvalue weighted by atomic mass is 16.7. The van der Waals surface area contributed by atoms with Gasteiger partial charge in [0.05, 0.1) is 12.7 Å². The van der Waals surface area contributed by atoms with E-state index in [1.807, 2.05) is 13.8 Å². The van der Waals surface area contributed by atoms with Gasteiger partial charge in [-0.1, -0.05) is 5.21 Å². The number of ether oxygens (including phenoxy) is 2. The van der Waals surface area contributed by atoms with Crippen LogP contribution in [0.15, 0.2) is 6.20 Å². The lowest BCUT2D eigenvalue weighted by molar-refractivity contribution is -0.145. The molecule has 9 heteroatoms. The lowest BCUT2D eigenvalue weighted by atomic mass is 9.49. The van der Waals surface area contributed by atoms with Gasteiger partial charge in [-0.3, -0.25) is 20.4 Å². The van der Waals surface area contributed by atoms with Gasteiger partial charge in [0.15, 0.2) is 12.0 Å². The summed E-state index contributed by atoms with van der Waals surface area (Å²) in [7, 11) is 0. The van der Waals surface area contributed by atoms with E-state index in [4.69, 9.17) is 9.47 Å². The van der Waals surface area contributed by atoms with Crippen LogP contribution in [-0.4, -0.2) is 46.3 Å². The van der Waals surface area contributed by atoms with E-state index >= 15 is 0 Å². The van der Waals surface area contributed by atoms with Crippen molar-refractivity contribution in [2.45, 2.75) is 71.6 Å². The molecule has 4 fully saturated rings. The molecule has 0 aliphatic heterocycles. The van der Waals surface area contributed by atoms with E-state index < -0.39 is 12.2 Å². The fraction of sp³-hybridized carbons (Fsp3) is 0.810. The monoisotopic (exact) mass is 419 g/mol. The number of hydrogen-bond donors (Lipinski definition) is 2. The molecular weight excluding hydrogens is 386 g/mol. The third-order valence-electron chi connectivity index (χ3n) is 6.83. The molecule has 30 heavy (non-hydrogen) atoms. The molecule has 0 saturated heterocycles. The Labute approximate surface area is 177 Å². The number of hydrogen-bond acceptors (Lipinski definition) is 6. The minimum absolute atomic E-state index is 0.120. The Balaban J connectivity index is 1.26. The zero-order valence-electron chi connectivity index (χ0n) is 17.9. The largest absolute Gasteiger partial charge is 0.351 e. The van der Waals surface area contributed by atoms with E-state index in [-0.39, 0.29) is 17.0 Å². The molecule has 2 N–H and O–H groups in total. The fourth-order valence-corrected chi connectivity index (χ4v) is 6.25. The normalized spacial score (nSPS) is 29.4. The second-order valence-electron chi connectivity index (χ2n) is 9.26. The first-order chi connectivity index (χ1) is 14.5. The Bertz CT molecular complexity index is 723. The number of rotatable bonds is 9. The van der Waals surface area contributed by atoms with Gasteiger partial charge in [-0.05, 0) is 75.5 Å². The molecule has 9 nitrogen and oxygen atoms in total. The summed E-state index contributed by atoms with van der Waals surface area (Å²) >= 11 is 0. The molecule has 4 bridgehead atoms. The van der Waals surface area contributed by atoms with Crippen LogP contribution in [-0.2, 0) is 20.8 Å². The Kier molecular flexibility index (Phi) is 6.38. The molecule has 0 spiro atoms. The number of aromatic nitrogens is 3. The van der Waals surface area contributed by atoms with Crippen LogP contribution < -0.4 is 10.9 Å². The molecule has 1 heterocycles. The molecule has 1 aromatic heterocycles. The second kappa shape index (κ2) is 9.01. The molecule has 0 atom stereocenters. The Hall–Kier alpha value is -2.00. The van der Waals surface area contributed by atoms with Gasteiger partial charge in [0, 0.05) is 19.6 Å². The Morgan fingerprint density at radius 1 is 1.10 bits per heavy atom. The van der Waals surface area contributed by atoms with Crippen molar-refractivity contribution >= 4 is 11.8 Å². The van der Waals surface area contributed by atoms with Crippen LogP contribution in [0.4, 0.5) is 0 Å². The van der Waals surface area contributed by atoms with Crippen LogP contribution in [0.25, 0.3) is 0 Å². The topological polar surface area (TPSA) is 107 Å². The SMILES string of the molecule is CCOC(Cn1cc(C(=O)NNC(=O)CC23CC4CC(CC(C4)C2)C3)nn1)OCC. The fourth-order valence-electron chi connectivity index (χ4n) is 6.25. The third-order valence-corrected chi connectivity index (χ3v) is 6.83. The van der Waals surface area contributed by atoms with Gasteiger partial charge >= 0.3 is 0 Å². The maximum absolute atomic E-state index is 12.6. The summed E-state index contributed by atoms with van der Waals surface area (Å²) in [4.78, 5) is 24.9. The van der Waals surface area contributed by atoms with Gasteiger partial charge in [-0.2, -0.15) is 0 Å². The summed E-state index contributed by atoms with van der Waals surface area (Å²) in [6.45, 7) is 5.14. The van der Waals surface area contributed by atoms with Crippen LogP contribution in [0.3, 0.4) is 0 Å². The quantitative estimate of drug-likeness (QED) is 0.469. The average Bonchev–Trinajstić information content (AvgIpc) is 3.13. The molecule has 0 aromatic carbocycles. The molecule has 1 aromatic rings. The average molecular weight is 420 g/mol. The highest BCUT2D eigenvalue weighted by molar-refractivity contribution is 5.93. The van der Waals surface area contributed by atoms with Gasteiger partial charge in [0.2, 0.25) is 5.91 Å². The van der Waals surface area contributed by atoms with Crippen molar-refractivity contribution in [3.63, 3.8) is 0 Å².